The summed E-state index contributed by atoms with van der Waals surface area (Å²) in [6, 6.07) is 0.631. The summed E-state index contributed by atoms with van der Waals surface area (Å²) in [5.74, 6) is 1.41. The third kappa shape index (κ3) is 1.63. The summed E-state index contributed by atoms with van der Waals surface area (Å²) in [7, 11) is 0. The molecule has 4 heteroatoms. The Morgan fingerprint density at radius 2 is 2.00 bits per heavy atom. The predicted octanol–water partition coefficient (Wildman–Crippen LogP) is 1.69. The van der Waals surface area contributed by atoms with E-state index < -0.39 is 0 Å². The van der Waals surface area contributed by atoms with E-state index in [1.807, 2.05) is 6.33 Å². The number of hydrogen-bond donors (Lipinski definition) is 1. The molecule has 2 fully saturated rings. The molecule has 15 heavy (non-hydrogen) atoms. The quantitative estimate of drug-likeness (QED) is 0.803. The first-order chi connectivity index (χ1) is 7.36. The average molecular weight is 207 g/mol. The van der Waals surface area contributed by atoms with E-state index in [0.29, 0.717) is 12.0 Å². The molecule has 0 bridgehead atoms. The Hall–Kier alpha value is -1.03. The molecule has 2 aliphatic rings. The van der Waals surface area contributed by atoms with Gasteiger partial charge in [0, 0.05) is 25.2 Å². The molecular weight excluding hydrogens is 190 g/mol. The maximum absolute atomic E-state index is 6.13. The van der Waals surface area contributed by atoms with Crippen molar-refractivity contribution in [2.24, 2.45) is 0 Å². The lowest BCUT2D eigenvalue weighted by atomic mass is 9.96. The molecule has 0 amide bonds. The lowest BCUT2D eigenvalue weighted by Crippen LogP contribution is -2.15. The first kappa shape index (κ1) is 9.21. The largest absolute Gasteiger partial charge is 0.384 e. The monoisotopic (exact) mass is 207 g/mol. The number of aromatic nitrogens is 2. The molecule has 82 valence electrons. The van der Waals surface area contributed by atoms with E-state index in [-0.39, 0.29) is 0 Å². The first-order valence-electron chi connectivity index (χ1n) is 5.76. The van der Waals surface area contributed by atoms with Crippen LogP contribution < -0.4 is 5.73 Å². The fourth-order valence-electron chi connectivity index (χ4n) is 2.31. The molecule has 0 spiro atoms. The third-order valence-electron chi connectivity index (χ3n) is 3.41. The third-order valence-corrected chi connectivity index (χ3v) is 3.41. The predicted molar refractivity (Wildman–Crippen MR) is 57.7 cm³/mol. The maximum atomic E-state index is 6.13. The van der Waals surface area contributed by atoms with Gasteiger partial charge in [-0.3, -0.25) is 0 Å². The van der Waals surface area contributed by atoms with E-state index in [9.17, 15) is 0 Å². The van der Waals surface area contributed by atoms with Crippen LogP contribution in [0.25, 0.3) is 0 Å². The van der Waals surface area contributed by atoms with Gasteiger partial charge in [-0.15, -0.1) is 0 Å². The summed E-state index contributed by atoms with van der Waals surface area (Å²) in [4.78, 5) is 4.48. The summed E-state index contributed by atoms with van der Waals surface area (Å²) < 4.78 is 7.50. The number of nitrogens with zero attached hydrogens (tertiary/aromatic N) is 2. The van der Waals surface area contributed by atoms with E-state index in [1.165, 1.54) is 12.8 Å². The Morgan fingerprint density at radius 3 is 2.67 bits per heavy atom. The highest BCUT2D eigenvalue weighted by molar-refractivity contribution is 5.39. The Balaban J connectivity index is 1.83. The van der Waals surface area contributed by atoms with Gasteiger partial charge >= 0.3 is 0 Å². The van der Waals surface area contributed by atoms with Crippen LogP contribution in [0.4, 0.5) is 5.82 Å². The van der Waals surface area contributed by atoms with Crippen LogP contribution >= 0.6 is 0 Å². The van der Waals surface area contributed by atoms with Gasteiger partial charge in [0.15, 0.2) is 0 Å². The SMILES string of the molecule is Nc1c(C2CCOCC2)ncn1C1CC1. The number of ether oxygens (including phenoxy) is 1. The van der Waals surface area contributed by atoms with Crippen LogP contribution in [0.2, 0.25) is 0 Å². The van der Waals surface area contributed by atoms with Gasteiger partial charge in [0.05, 0.1) is 12.0 Å². The number of rotatable bonds is 2. The summed E-state index contributed by atoms with van der Waals surface area (Å²) in [6.45, 7) is 1.70. The molecule has 1 saturated heterocycles. The van der Waals surface area contributed by atoms with Crippen molar-refractivity contribution in [3.8, 4) is 0 Å². The Morgan fingerprint density at radius 1 is 1.27 bits per heavy atom. The van der Waals surface area contributed by atoms with Crippen LogP contribution in [0, 0.1) is 0 Å². The van der Waals surface area contributed by atoms with Crippen molar-refractivity contribution in [1.29, 1.82) is 0 Å². The molecule has 1 aliphatic heterocycles. The molecule has 3 rings (SSSR count). The second kappa shape index (κ2) is 3.52. The minimum atomic E-state index is 0.513. The smallest absolute Gasteiger partial charge is 0.127 e. The van der Waals surface area contributed by atoms with Crippen LogP contribution in [0.15, 0.2) is 6.33 Å². The number of hydrogen-bond acceptors (Lipinski definition) is 3. The number of imidazole rings is 1. The molecule has 0 atom stereocenters. The van der Waals surface area contributed by atoms with Crippen molar-refractivity contribution in [1.82, 2.24) is 9.55 Å². The summed E-state index contributed by atoms with van der Waals surface area (Å²) in [6.07, 6.45) is 6.55. The van der Waals surface area contributed by atoms with Crippen molar-refractivity contribution >= 4 is 5.82 Å². The van der Waals surface area contributed by atoms with E-state index >= 15 is 0 Å². The number of nitrogen functional groups attached to an aromatic ring is 1. The lowest BCUT2D eigenvalue weighted by Gasteiger charge is -2.21. The van der Waals surface area contributed by atoms with Gasteiger partial charge in [0.25, 0.3) is 0 Å². The maximum Gasteiger partial charge on any atom is 0.127 e. The summed E-state index contributed by atoms with van der Waals surface area (Å²) in [5, 5.41) is 0. The molecule has 2 N–H and O–H groups in total. The van der Waals surface area contributed by atoms with Crippen molar-refractivity contribution in [2.45, 2.75) is 37.6 Å². The van der Waals surface area contributed by atoms with Gasteiger partial charge in [-0.1, -0.05) is 0 Å². The molecule has 1 aliphatic carbocycles. The van der Waals surface area contributed by atoms with E-state index in [0.717, 1.165) is 37.6 Å². The highest BCUT2D eigenvalue weighted by Crippen LogP contribution is 2.39. The topological polar surface area (TPSA) is 53.1 Å². The minimum Gasteiger partial charge on any atom is -0.384 e. The zero-order valence-electron chi connectivity index (χ0n) is 8.85. The first-order valence-corrected chi connectivity index (χ1v) is 5.76. The van der Waals surface area contributed by atoms with E-state index in [4.69, 9.17) is 10.5 Å². The van der Waals surface area contributed by atoms with Crippen LogP contribution in [0.1, 0.15) is 43.3 Å². The zero-order valence-corrected chi connectivity index (χ0v) is 8.85. The van der Waals surface area contributed by atoms with Crippen LogP contribution in [0.3, 0.4) is 0 Å². The van der Waals surface area contributed by atoms with Crippen LogP contribution in [-0.2, 0) is 4.74 Å². The Bertz CT molecular complexity index is 351. The Kier molecular flexibility index (Phi) is 2.16. The standard InChI is InChI=1S/C11H17N3O/c12-11-10(8-3-5-15-6-4-8)13-7-14(11)9-1-2-9/h7-9H,1-6,12H2. The fourth-order valence-corrected chi connectivity index (χ4v) is 2.31. The van der Waals surface area contributed by atoms with Gasteiger partial charge in [0.2, 0.25) is 0 Å². The molecule has 0 radical (unpaired) electrons. The molecule has 4 nitrogen and oxygen atoms in total. The minimum absolute atomic E-state index is 0.513. The molecule has 1 aromatic heterocycles. The average Bonchev–Trinajstić information content (AvgIpc) is 3.04. The second-order valence-electron chi connectivity index (χ2n) is 4.54. The number of anilines is 1. The molecule has 0 aromatic carbocycles. The van der Waals surface area contributed by atoms with Crippen molar-refractivity contribution in [3.05, 3.63) is 12.0 Å². The van der Waals surface area contributed by atoms with Crippen molar-refractivity contribution < 1.29 is 4.74 Å². The van der Waals surface area contributed by atoms with Crippen molar-refractivity contribution in [3.63, 3.8) is 0 Å². The van der Waals surface area contributed by atoms with Gasteiger partial charge in [-0.05, 0) is 25.7 Å². The van der Waals surface area contributed by atoms with E-state index in [2.05, 4.69) is 9.55 Å². The Labute approximate surface area is 89.4 Å². The van der Waals surface area contributed by atoms with Crippen LogP contribution in [0.5, 0.6) is 0 Å². The molecule has 1 saturated carbocycles. The van der Waals surface area contributed by atoms with Crippen molar-refractivity contribution in [2.75, 3.05) is 18.9 Å². The molecule has 0 unspecified atom stereocenters. The fraction of sp³-hybridized carbons (Fsp3) is 0.727. The summed E-state index contributed by atoms with van der Waals surface area (Å²) >= 11 is 0. The van der Waals surface area contributed by atoms with Gasteiger partial charge < -0.3 is 15.0 Å². The van der Waals surface area contributed by atoms with Gasteiger partial charge in [-0.2, -0.15) is 0 Å². The normalized spacial score (nSPS) is 23.2. The van der Waals surface area contributed by atoms with Gasteiger partial charge in [0.1, 0.15) is 5.82 Å². The van der Waals surface area contributed by atoms with E-state index in [1.54, 1.807) is 0 Å². The highest BCUT2D eigenvalue weighted by atomic mass is 16.5. The molecular formula is C11H17N3O. The number of nitrogens with two attached hydrogens (primary N) is 1. The van der Waals surface area contributed by atoms with Gasteiger partial charge in [-0.25, -0.2) is 4.98 Å². The second-order valence-corrected chi connectivity index (χ2v) is 4.54. The highest BCUT2D eigenvalue weighted by Gasteiger charge is 2.28. The molecule has 2 heterocycles. The molecule has 1 aromatic rings. The van der Waals surface area contributed by atoms with Crippen LogP contribution in [-0.4, -0.2) is 22.8 Å². The lowest BCUT2D eigenvalue weighted by molar-refractivity contribution is 0.0847. The summed E-state index contributed by atoms with van der Waals surface area (Å²) in [5.41, 5.74) is 7.24. The zero-order chi connectivity index (χ0) is 10.3.